The van der Waals surface area contributed by atoms with E-state index in [9.17, 15) is 0 Å². The maximum absolute atomic E-state index is 4.97. The molecule has 0 aliphatic heterocycles. The first kappa shape index (κ1) is 15.5. The van der Waals surface area contributed by atoms with Gasteiger partial charge < -0.3 is 0 Å². The van der Waals surface area contributed by atoms with Crippen LogP contribution in [-0.2, 0) is 0 Å². The molecular weight excluding hydrogens is 440 g/mol. The van der Waals surface area contributed by atoms with Crippen LogP contribution in [-0.4, -0.2) is 38.9 Å². The summed E-state index contributed by atoms with van der Waals surface area (Å²) in [5, 5.41) is 0. The summed E-state index contributed by atoms with van der Waals surface area (Å²) in [6, 6.07) is 32.0. The summed E-state index contributed by atoms with van der Waals surface area (Å²) >= 11 is -0.547. The number of hydrogen-bond donors (Lipinski definition) is 0. The molecule has 0 saturated carbocycles. The Kier molecular flexibility index (Phi) is 5.07. The Balaban J connectivity index is 2.37. The van der Waals surface area contributed by atoms with Gasteiger partial charge in [-0.1, -0.05) is 0 Å². The first-order chi connectivity index (χ1) is 10.9. The Bertz CT molecular complexity index is 685. The number of rotatable bonds is 4. The zero-order chi connectivity index (χ0) is 15.3. The van der Waals surface area contributed by atoms with Crippen LogP contribution in [0, 0.1) is 0 Å². The third-order valence-electron chi connectivity index (χ3n) is 3.79. The summed E-state index contributed by atoms with van der Waals surface area (Å²) < 4.78 is 12.0. The van der Waals surface area contributed by atoms with Gasteiger partial charge >= 0.3 is 144 Å². The van der Waals surface area contributed by atoms with Gasteiger partial charge in [-0.2, -0.15) is 0 Å². The minimum absolute atomic E-state index is 1.33. The molecule has 0 aliphatic carbocycles. The van der Waals surface area contributed by atoms with Gasteiger partial charge in [0, 0.05) is 0 Å². The van der Waals surface area contributed by atoms with Crippen molar-refractivity contribution in [2.75, 3.05) is 0 Å². The van der Waals surface area contributed by atoms with Gasteiger partial charge in [0.1, 0.15) is 0 Å². The SMILES string of the molecule is [Se]=C=[N][Sn]([c]1ccccc1)([c]1ccccc1)[c]1ccccc1. The summed E-state index contributed by atoms with van der Waals surface area (Å²) in [7, 11) is 0. The summed E-state index contributed by atoms with van der Waals surface area (Å²) in [6.45, 7) is 0. The van der Waals surface area contributed by atoms with Crippen LogP contribution >= 0.6 is 0 Å². The van der Waals surface area contributed by atoms with Crippen LogP contribution in [0.1, 0.15) is 0 Å². The van der Waals surface area contributed by atoms with Crippen LogP contribution in [0.5, 0.6) is 0 Å². The Hall–Kier alpha value is -1.44. The molecule has 106 valence electrons. The molecule has 3 aromatic carbocycles. The molecule has 0 spiro atoms. The van der Waals surface area contributed by atoms with Gasteiger partial charge in [-0.15, -0.1) is 0 Å². The van der Waals surface area contributed by atoms with Crippen molar-refractivity contribution in [2.24, 2.45) is 3.21 Å². The Morgan fingerprint density at radius 2 is 0.909 bits per heavy atom. The zero-order valence-electron chi connectivity index (χ0n) is 12.0. The first-order valence-corrected chi connectivity index (χ1v) is 13.5. The molecular formula is C19H15NSeSn. The van der Waals surface area contributed by atoms with Crippen LogP contribution in [0.3, 0.4) is 0 Å². The van der Waals surface area contributed by atoms with Crippen LogP contribution < -0.4 is 10.7 Å². The van der Waals surface area contributed by atoms with E-state index in [0.717, 1.165) is 0 Å². The van der Waals surface area contributed by atoms with Crippen molar-refractivity contribution in [1.82, 2.24) is 0 Å². The number of hydrogen-bond acceptors (Lipinski definition) is 1. The van der Waals surface area contributed by atoms with E-state index in [0.29, 0.717) is 0 Å². The molecule has 0 unspecified atom stereocenters. The molecule has 22 heavy (non-hydrogen) atoms. The summed E-state index contributed by atoms with van der Waals surface area (Å²) in [6.07, 6.45) is 0. The average Bonchev–Trinajstić information content (AvgIpc) is 2.62. The van der Waals surface area contributed by atoms with Crippen LogP contribution in [0.25, 0.3) is 0 Å². The first-order valence-electron chi connectivity index (χ1n) is 7.13. The molecule has 3 aromatic rings. The monoisotopic (exact) mass is 457 g/mol. The van der Waals surface area contributed by atoms with Gasteiger partial charge in [0.25, 0.3) is 0 Å². The van der Waals surface area contributed by atoms with Crippen LogP contribution in [0.2, 0.25) is 0 Å². The quantitative estimate of drug-likeness (QED) is 0.420. The van der Waals surface area contributed by atoms with Crippen molar-refractivity contribution in [3.63, 3.8) is 0 Å². The molecule has 0 bridgehead atoms. The Labute approximate surface area is 143 Å². The van der Waals surface area contributed by atoms with Crippen LogP contribution in [0.15, 0.2) is 94.2 Å². The summed E-state index contributed by atoms with van der Waals surface area (Å²) in [5.41, 5.74) is 0. The van der Waals surface area contributed by atoms with Gasteiger partial charge in [-0.05, 0) is 0 Å². The average molecular weight is 455 g/mol. The van der Waals surface area contributed by atoms with Gasteiger partial charge in [-0.25, -0.2) is 0 Å². The molecule has 0 N–H and O–H groups in total. The fourth-order valence-electron chi connectivity index (χ4n) is 2.80. The topological polar surface area (TPSA) is 12.4 Å². The maximum atomic E-state index is 4.97. The van der Waals surface area contributed by atoms with Crippen molar-refractivity contribution < 1.29 is 0 Å². The summed E-state index contributed by atoms with van der Waals surface area (Å²) in [4.78, 5) is 0. The molecule has 0 amide bonds. The molecule has 0 atom stereocenters. The fourth-order valence-corrected chi connectivity index (χ4v) is 14.9. The molecule has 0 saturated heterocycles. The predicted octanol–water partition coefficient (Wildman–Crippen LogP) is 1.73. The second-order valence-electron chi connectivity index (χ2n) is 5.01. The molecule has 0 aromatic heterocycles. The van der Waals surface area contributed by atoms with Crippen molar-refractivity contribution in [1.29, 1.82) is 0 Å². The van der Waals surface area contributed by atoms with Crippen molar-refractivity contribution in [2.45, 2.75) is 0 Å². The Morgan fingerprint density at radius 1 is 0.591 bits per heavy atom. The van der Waals surface area contributed by atoms with E-state index >= 15 is 0 Å². The van der Waals surface area contributed by atoms with Crippen molar-refractivity contribution in [3.8, 4) is 0 Å². The normalized spacial score (nSPS) is 10.7. The molecule has 0 fully saturated rings. The predicted molar refractivity (Wildman–Crippen MR) is 97.2 cm³/mol. The second kappa shape index (κ2) is 7.21. The van der Waals surface area contributed by atoms with Gasteiger partial charge in [0.2, 0.25) is 0 Å². The molecule has 3 heteroatoms. The molecule has 3 rings (SSSR count). The van der Waals surface area contributed by atoms with E-state index < -0.39 is 18.7 Å². The van der Waals surface area contributed by atoms with E-state index in [2.05, 4.69) is 111 Å². The van der Waals surface area contributed by atoms with Crippen LogP contribution in [0.4, 0.5) is 0 Å². The summed E-state index contributed by atoms with van der Waals surface area (Å²) in [5.74, 6) is 0. The third-order valence-corrected chi connectivity index (χ3v) is 16.3. The minimum atomic E-state index is -3.39. The van der Waals surface area contributed by atoms with Gasteiger partial charge in [0.15, 0.2) is 0 Å². The molecule has 0 heterocycles. The van der Waals surface area contributed by atoms with Crippen molar-refractivity contribution >= 4 is 49.7 Å². The van der Waals surface area contributed by atoms with Gasteiger partial charge in [0.05, 0.1) is 0 Å². The Morgan fingerprint density at radius 3 is 1.18 bits per heavy atom. The molecule has 0 aliphatic rings. The molecule has 1 nitrogen and oxygen atoms in total. The standard InChI is InChI=1S/3C6H5.CNSe.Sn/c3*1-2-4-6-5-3-1;2-1-3;/h3*1-5H;;/q;;;-1;+1. The van der Waals surface area contributed by atoms with E-state index in [-0.39, 0.29) is 0 Å². The van der Waals surface area contributed by atoms with E-state index in [4.69, 9.17) is 3.21 Å². The second-order valence-corrected chi connectivity index (χ2v) is 15.0. The zero-order valence-corrected chi connectivity index (χ0v) is 16.6. The van der Waals surface area contributed by atoms with E-state index in [1.807, 2.05) is 0 Å². The number of nitrogens with zero attached hydrogens (tertiary/aromatic N) is 1. The number of benzene rings is 3. The third kappa shape index (κ3) is 2.88. The van der Waals surface area contributed by atoms with Gasteiger partial charge in [-0.3, -0.25) is 0 Å². The van der Waals surface area contributed by atoms with Crippen molar-refractivity contribution in [3.05, 3.63) is 91.0 Å². The molecule has 0 radical (unpaired) electrons. The van der Waals surface area contributed by atoms with E-state index in [1.54, 1.807) is 0 Å². The fraction of sp³-hybridized carbons (Fsp3) is 0. The van der Waals surface area contributed by atoms with E-state index in [1.165, 1.54) is 10.7 Å².